The molecule has 17 heavy (non-hydrogen) atoms. The molecule has 0 aliphatic heterocycles. The summed E-state index contributed by atoms with van der Waals surface area (Å²) in [6.07, 6.45) is 4.52. The molecule has 1 atom stereocenters. The van der Waals surface area contributed by atoms with E-state index in [2.05, 4.69) is 15.3 Å². The van der Waals surface area contributed by atoms with E-state index in [9.17, 15) is 4.39 Å². The monoisotopic (exact) mass is 231 g/mol. The van der Waals surface area contributed by atoms with Crippen molar-refractivity contribution in [1.82, 2.24) is 15.3 Å². The van der Waals surface area contributed by atoms with Gasteiger partial charge < -0.3 is 5.32 Å². The molecule has 0 radical (unpaired) electrons. The summed E-state index contributed by atoms with van der Waals surface area (Å²) in [5.41, 5.74) is 2.42. The minimum atomic E-state index is -0.322. The largest absolute Gasteiger partial charge is 0.308 e. The fourth-order valence-electron chi connectivity index (χ4n) is 1.86. The molecule has 0 spiro atoms. The van der Waals surface area contributed by atoms with Crippen molar-refractivity contribution in [2.45, 2.75) is 13.0 Å². The lowest BCUT2D eigenvalue weighted by Crippen LogP contribution is -2.21. The fraction of sp³-hybridized carbons (Fsp3) is 0.231. The van der Waals surface area contributed by atoms with E-state index in [-0.39, 0.29) is 11.9 Å². The third kappa shape index (κ3) is 2.31. The smallest absolute Gasteiger partial charge is 0.146 e. The Hall–Kier alpha value is -1.81. The van der Waals surface area contributed by atoms with Gasteiger partial charge in [0.1, 0.15) is 5.82 Å². The Morgan fingerprint density at radius 1 is 1.29 bits per heavy atom. The molecule has 0 aliphatic carbocycles. The molecular weight excluding hydrogens is 217 g/mol. The molecule has 1 N–H and O–H groups in total. The SMILES string of the molecule is CNC(c1ccncc1F)c1ncccc1C. The van der Waals surface area contributed by atoms with Crippen molar-refractivity contribution < 1.29 is 4.39 Å². The number of aromatic nitrogens is 2. The number of rotatable bonds is 3. The Bertz CT molecular complexity index is 468. The topological polar surface area (TPSA) is 37.8 Å². The van der Waals surface area contributed by atoms with E-state index in [0.717, 1.165) is 11.3 Å². The van der Waals surface area contributed by atoms with E-state index in [0.29, 0.717) is 5.56 Å². The van der Waals surface area contributed by atoms with Gasteiger partial charge in [0, 0.05) is 18.0 Å². The van der Waals surface area contributed by atoms with Crippen LogP contribution in [0, 0.1) is 12.7 Å². The van der Waals surface area contributed by atoms with Crippen LogP contribution in [-0.4, -0.2) is 17.0 Å². The van der Waals surface area contributed by atoms with Crippen LogP contribution < -0.4 is 5.32 Å². The molecule has 0 bridgehead atoms. The van der Waals surface area contributed by atoms with Gasteiger partial charge in [-0.1, -0.05) is 6.07 Å². The normalized spacial score (nSPS) is 12.4. The Morgan fingerprint density at radius 2 is 2.12 bits per heavy atom. The highest BCUT2D eigenvalue weighted by molar-refractivity contribution is 5.31. The molecule has 2 heterocycles. The minimum absolute atomic E-state index is 0.251. The molecule has 4 heteroatoms. The molecule has 3 nitrogen and oxygen atoms in total. The van der Waals surface area contributed by atoms with Crippen LogP contribution in [0.2, 0.25) is 0 Å². The van der Waals surface area contributed by atoms with Gasteiger partial charge in [0.25, 0.3) is 0 Å². The number of halogens is 1. The van der Waals surface area contributed by atoms with E-state index in [1.165, 1.54) is 6.20 Å². The van der Waals surface area contributed by atoms with Crippen molar-refractivity contribution >= 4 is 0 Å². The first-order chi connectivity index (χ1) is 8.24. The maximum Gasteiger partial charge on any atom is 0.146 e. The molecule has 0 saturated carbocycles. The number of hydrogen-bond acceptors (Lipinski definition) is 3. The lowest BCUT2D eigenvalue weighted by atomic mass is 10.0. The molecule has 1 unspecified atom stereocenters. The Labute approximate surface area is 99.7 Å². The average Bonchev–Trinajstić information content (AvgIpc) is 2.34. The van der Waals surface area contributed by atoms with Gasteiger partial charge in [0.05, 0.1) is 17.9 Å². The summed E-state index contributed by atoms with van der Waals surface area (Å²) in [5.74, 6) is -0.322. The van der Waals surface area contributed by atoms with Gasteiger partial charge in [0.2, 0.25) is 0 Å². The Morgan fingerprint density at radius 3 is 2.76 bits per heavy atom. The van der Waals surface area contributed by atoms with Gasteiger partial charge in [-0.3, -0.25) is 9.97 Å². The summed E-state index contributed by atoms with van der Waals surface area (Å²) in [7, 11) is 1.79. The molecule has 0 saturated heterocycles. The third-order valence-electron chi connectivity index (χ3n) is 2.73. The van der Waals surface area contributed by atoms with Gasteiger partial charge in [-0.2, -0.15) is 0 Å². The van der Waals surface area contributed by atoms with E-state index in [1.54, 1.807) is 25.5 Å². The van der Waals surface area contributed by atoms with Crippen molar-refractivity contribution in [2.24, 2.45) is 0 Å². The van der Waals surface area contributed by atoms with Gasteiger partial charge >= 0.3 is 0 Å². The summed E-state index contributed by atoms with van der Waals surface area (Å²) in [5, 5.41) is 3.09. The van der Waals surface area contributed by atoms with E-state index >= 15 is 0 Å². The molecule has 88 valence electrons. The van der Waals surface area contributed by atoms with E-state index in [4.69, 9.17) is 0 Å². The van der Waals surface area contributed by atoms with Gasteiger partial charge in [-0.25, -0.2) is 4.39 Å². The third-order valence-corrected chi connectivity index (χ3v) is 2.73. The lowest BCUT2D eigenvalue weighted by Gasteiger charge is -2.18. The van der Waals surface area contributed by atoms with Crippen LogP contribution in [0.3, 0.4) is 0 Å². The second-order valence-corrected chi connectivity index (χ2v) is 3.82. The molecule has 2 aromatic rings. The zero-order valence-corrected chi connectivity index (χ0v) is 9.81. The lowest BCUT2D eigenvalue weighted by molar-refractivity contribution is 0.564. The van der Waals surface area contributed by atoms with Gasteiger partial charge in [0.15, 0.2) is 0 Å². The van der Waals surface area contributed by atoms with Crippen LogP contribution >= 0.6 is 0 Å². The van der Waals surface area contributed by atoms with Crippen molar-refractivity contribution in [3.8, 4) is 0 Å². The molecule has 2 aromatic heterocycles. The zero-order chi connectivity index (χ0) is 12.3. The fourth-order valence-corrected chi connectivity index (χ4v) is 1.86. The van der Waals surface area contributed by atoms with Crippen LogP contribution in [0.4, 0.5) is 4.39 Å². The first-order valence-corrected chi connectivity index (χ1v) is 5.42. The number of nitrogens with zero attached hydrogens (tertiary/aromatic N) is 2. The summed E-state index contributed by atoms with van der Waals surface area (Å²) >= 11 is 0. The molecule has 2 rings (SSSR count). The first kappa shape index (κ1) is 11.7. The van der Waals surface area contributed by atoms with Crippen molar-refractivity contribution in [2.75, 3.05) is 7.05 Å². The van der Waals surface area contributed by atoms with Crippen molar-refractivity contribution in [1.29, 1.82) is 0 Å². The van der Waals surface area contributed by atoms with Crippen LogP contribution in [0.1, 0.15) is 22.9 Å². The number of nitrogens with one attached hydrogen (secondary N) is 1. The molecule has 0 amide bonds. The molecule has 0 aromatic carbocycles. The van der Waals surface area contributed by atoms with Crippen LogP contribution in [0.25, 0.3) is 0 Å². The van der Waals surface area contributed by atoms with Crippen LogP contribution in [0.5, 0.6) is 0 Å². The van der Waals surface area contributed by atoms with Crippen molar-refractivity contribution in [3.05, 3.63) is 59.4 Å². The van der Waals surface area contributed by atoms with E-state index < -0.39 is 0 Å². The highest BCUT2D eigenvalue weighted by atomic mass is 19.1. The van der Waals surface area contributed by atoms with Gasteiger partial charge in [-0.05, 0) is 31.7 Å². The summed E-state index contributed by atoms with van der Waals surface area (Å²) in [4.78, 5) is 8.07. The van der Waals surface area contributed by atoms with Gasteiger partial charge in [-0.15, -0.1) is 0 Å². The second kappa shape index (κ2) is 5.01. The maximum absolute atomic E-state index is 13.7. The maximum atomic E-state index is 13.7. The Kier molecular flexibility index (Phi) is 3.44. The summed E-state index contributed by atoms with van der Waals surface area (Å²) in [6, 6.07) is 5.25. The van der Waals surface area contributed by atoms with Crippen LogP contribution in [-0.2, 0) is 0 Å². The average molecular weight is 231 g/mol. The quantitative estimate of drug-likeness (QED) is 0.880. The van der Waals surface area contributed by atoms with Crippen molar-refractivity contribution in [3.63, 3.8) is 0 Å². The summed E-state index contributed by atoms with van der Waals surface area (Å²) in [6.45, 7) is 1.96. The van der Waals surface area contributed by atoms with Crippen LogP contribution in [0.15, 0.2) is 36.8 Å². The molecule has 0 fully saturated rings. The highest BCUT2D eigenvalue weighted by Crippen LogP contribution is 2.23. The molecular formula is C13H14FN3. The number of aryl methyl sites for hydroxylation is 1. The number of pyridine rings is 2. The van der Waals surface area contributed by atoms with E-state index in [1.807, 2.05) is 19.1 Å². The Balaban J connectivity index is 2.48. The second-order valence-electron chi connectivity index (χ2n) is 3.82. The minimum Gasteiger partial charge on any atom is -0.308 e. The molecule has 0 aliphatic rings. The number of hydrogen-bond donors (Lipinski definition) is 1. The standard InChI is InChI=1S/C13H14FN3/c1-9-4-3-6-17-12(9)13(15-2)10-5-7-16-8-11(10)14/h3-8,13,15H,1-2H3. The summed E-state index contributed by atoms with van der Waals surface area (Å²) < 4.78 is 13.7. The predicted octanol–water partition coefficient (Wildman–Crippen LogP) is 2.23. The highest BCUT2D eigenvalue weighted by Gasteiger charge is 2.18. The predicted molar refractivity (Wildman–Crippen MR) is 64.1 cm³/mol. The zero-order valence-electron chi connectivity index (χ0n) is 9.81. The first-order valence-electron chi connectivity index (χ1n) is 5.42.